The Hall–Kier alpha value is -1.62. The molecule has 0 N–H and O–H groups in total. The van der Waals surface area contributed by atoms with Gasteiger partial charge in [0.2, 0.25) is 0 Å². The van der Waals surface area contributed by atoms with Crippen LogP contribution >= 0.6 is 11.8 Å². The second kappa shape index (κ2) is 8.13. The van der Waals surface area contributed by atoms with Gasteiger partial charge in [0, 0.05) is 23.3 Å². The number of esters is 1. The summed E-state index contributed by atoms with van der Waals surface area (Å²) in [6.45, 7) is 0. The van der Waals surface area contributed by atoms with Crippen molar-refractivity contribution >= 4 is 29.3 Å². The molecule has 1 atom stereocenters. The highest BCUT2D eigenvalue weighted by Gasteiger charge is 2.23. The first-order valence-electron chi connectivity index (χ1n) is 7.49. The Morgan fingerprint density at radius 3 is 2.55 bits per heavy atom. The van der Waals surface area contributed by atoms with Crippen LogP contribution in [-0.2, 0) is 14.3 Å². The van der Waals surface area contributed by atoms with Gasteiger partial charge in [-0.15, -0.1) is 11.8 Å². The van der Waals surface area contributed by atoms with Crippen LogP contribution in [0, 0.1) is 0 Å². The lowest BCUT2D eigenvalue weighted by atomic mass is 9.99. The molecule has 1 aliphatic carbocycles. The molecule has 1 fully saturated rings. The Morgan fingerprint density at radius 1 is 1.18 bits per heavy atom. The smallest absolute Gasteiger partial charge is 0.305 e. The van der Waals surface area contributed by atoms with E-state index in [0.717, 1.165) is 24.2 Å². The van der Waals surface area contributed by atoms with Crippen molar-refractivity contribution in [2.24, 2.45) is 0 Å². The van der Waals surface area contributed by atoms with Crippen LogP contribution in [0.25, 0.3) is 0 Å². The molecule has 1 unspecified atom stereocenters. The normalized spacial score (nSPS) is 18.0. The molecule has 0 aliphatic heterocycles. The minimum atomic E-state index is -0.378. The molecule has 118 valence electrons. The Balaban J connectivity index is 1.90. The number of hydrogen-bond acceptors (Lipinski definition) is 5. The summed E-state index contributed by atoms with van der Waals surface area (Å²) in [5.41, 5.74) is 0.586. The molecule has 2 rings (SSSR count). The summed E-state index contributed by atoms with van der Waals surface area (Å²) in [5.74, 6) is -0.124. The van der Waals surface area contributed by atoms with Gasteiger partial charge >= 0.3 is 5.97 Å². The Kier molecular flexibility index (Phi) is 6.19. The number of ketones is 2. The molecular formula is C17H20O4S. The van der Waals surface area contributed by atoms with Gasteiger partial charge in [-0.3, -0.25) is 14.4 Å². The zero-order valence-electron chi connectivity index (χ0n) is 12.7. The van der Waals surface area contributed by atoms with Gasteiger partial charge in [-0.2, -0.15) is 0 Å². The van der Waals surface area contributed by atoms with Crippen LogP contribution in [0.2, 0.25) is 0 Å². The Labute approximate surface area is 134 Å². The summed E-state index contributed by atoms with van der Waals surface area (Å²) < 4.78 is 4.52. The zero-order valence-corrected chi connectivity index (χ0v) is 13.5. The number of Topliss-reactive ketones (excluding diaryl/α,β-unsaturated/α-hetero) is 2. The molecule has 0 bridgehead atoms. The summed E-state index contributed by atoms with van der Waals surface area (Å²) in [6.07, 6.45) is 3.98. The van der Waals surface area contributed by atoms with Crippen molar-refractivity contribution in [2.75, 3.05) is 7.11 Å². The largest absolute Gasteiger partial charge is 0.469 e. The molecule has 1 aromatic rings. The number of carbonyl (C=O) groups excluding carboxylic acids is 3. The van der Waals surface area contributed by atoms with Crippen molar-refractivity contribution in [1.82, 2.24) is 0 Å². The molecule has 0 heterocycles. The van der Waals surface area contributed by atoms with Crippen LogP contribution in [0.1, 0.15) is 48.9 Å². The molecule has 0 amide bonds. The van der Waals surface area contributed by atoms with E-state index in [0.29, 0.717) is 17.8 Å². The molecule has 0 radical (unpaired) electrons. The topological polar surface area (TPSA) is 60.4 Å². The second-order valence-electron chi connectivity index (χ2n) is 5.34. The minimum absolute atomic E-state index is 0.0506. The van der Waals surface area contributed by atoms with Crippen molar-refractivity contribution in [3.8, 4) is 0 Å². The van der Waals surface area contributed by atoms with E-state index in [1.54, 1.807) is 23.9 Å². The van der Waals surface area contributed by atoms with Crippen LogP contribution in [0.5, 0.6) is 0 Å². The van der Waals surface area contributed by atoms with E-state index in [4.69, 9.17) is 0 Å². The van der Waals surface area contributed by atoms with E-state index in [2.05, 4.69) is 4.74 Å². The number of ether oxygens (including phenoxy) is 1. The van der Waals surface area contributed by atoms with Crippen molar-refractivity contribution in [2.45, 2.75) is 48.7 Å². The molecule has 4 nitrogen and oxygen atoms in total. The van der Waals surface area contributed by atoms with Gasteiger partial charge < -0.3 is 4.74 Å². The third-order valence-electron chi connectivity index (χ3n) is 3.74. The Morgan fingerprint density at radius 2 is 1.91 bits per heavy atom. The molecule has 1 aliphatic rings. The predicted molar refractivity (Wildman–Crippen MR) is 85.1 cm³/mol. The summed E-state index contributed by atoms with van der Waals surface area (Å²) in [5, 5.41) is 0.0506. The highest BCUT2D eigenvalue weighted by atomic mass is 32.2. The lowest BCUT2D eigenvalue weighted by molar-refractivity contribution is -0.140. The first kappa shape index (κ1) is 16.7. The molecule has 0 spiro atoms. The van der Waals surface area contributed by atoms with Crippen LogP contribution in [0.3, 0.4) is 0 Å². The summed E-state index contributed by atoms with van der Waals surface area (Å²) in [4.78, 5) is 35.8. The van der Waals surface area contributed by atoms with E-state index in [-0.39, 0.29) is 29.8 Å². The van der Waals surface area contributed by atoms with Gasteiger partial charge in [-0.05, 0) is 25.0 Å². The van der Waals surface area contributed by atoms with Crippen molar-refractivity contribution < 1.29 is 19.1 Å². The molecule has 22 heavy (non-hydrogen) atoms. The predicted octanol–water partition coefficient (Wildman–Crippen LogP) is 3.43. The number of rotatable bonds is 6. The molecule has 0 aromatic heterocycles. The van der Waals surface area contributed by atoms with E-state index in [9.17, 15) is 14.4 Å². The number of benzene rings is 1. The average Bonchev–Trinajstić information content (AvgIpc) is 2.55. The van der Waals surface area contributed by atoms with Crippen molar-refractivity contribution in [1.29, 1.82) is 0 Å². The van der Waals surface area contributed by atoms with Crippen LogP contribution in [0.4, 0.5) is 0 Å². The quantitative estimate of drug-likeness (QED) is 0.593. The first-order valence-corrected chi connectivity index (χ1v) is 8.37. The zero-order chi connectivity index (χ0) is 15.9. The fourth-order valence-corrected chi connectivity index (χ4v) is 3.58. The number of methoxy groups -OCH3 is 1. The van der Waals surface area contributed by atoms with Crippen LogP contribution in [0.15, 0.2) is 29.2 Å². The molecule has 5 heteroatoms. The van der Waals surface area contributed by atoms with Gasteiger partial charge in [0.15, 0.2) is 5.78 Å². The van der Waals surface area contributed by atoms with Gasteiger partial charge in [0.05, 0.1) is 18.8 Å². The van der Waals surface area contributed by atoms with E-state index in [1.807, 2.05) is 12.1 Å². The fourth-order valence-electron chi connectivity index (χ4n) is 2.42. The molecule has 1 aromatic carbocycles. The maximum Gasteiger partial charge on any atom is 0.305 e. The molecular weight excluding hydrogens is 300 g/mol. The monoisotopic (exact) mass is 320 g/mol. The van der Waals surface area contributed by atoms with Gasteiger partial charge in [-0.25, -0.2) is 0 Å². The van der Waals surface area contributed by atoms with E-state index < -0.39 is 0 Å². The second-order valence-corrected chi connectivity index (χ2v) is 6.62. The third-order valence-corrected chi connectivity index (χ3v) is 5.06. The van der Waals surface area contributed by atoms with Gasteiger partial charge in [-0.1, -0.05) is 18.6 Å². The number of thioether (sulfide) groups is 1. The standard InChI is InChI=1S/C17H20O4S/c1-21-17(20)11-10-14(18)12-6-8-13(9-7-12)22-16-5-3-2-4-15(16)19/h6-9,16H,2-5,10-11H2,1H3. The van der Waals surface area contributed by atoms with Crippen LogP contribution < -0.4 is 0 Å². The minimum Gasteiger partial charge on any atom is -0.469 e. The summed E-state index contributed by atoms with van der Waals surface area (Å²) >= 11 is 1.58. The van der Waals surface area contributed by atoms with Gasteiger partial charge in [0.25, 0.3) is 0 Å². The highest BCUT2D eigenvalue weighted by Crippen LogP contribution is 2.31. The lowest BCUT2D eigenvalue weighted by Crippen LogP contribution is -2.21. The molecule has 1 saturated carbocycles. The maximum atomic E-state index is 11.9. The van der Waals surface area contributed by atoms with E-state index >= 15 is 0 Å². The molecule has 0 saturated heterocycles. The van der Waals surface area contributed by atoms with Gasteiger partial charge in [0.1, 0.15) is 5.78 Å². The number of carbonyl (C=O) groups is 3. The summed E-state index contributed by atoms with van der Waals surface area (Å²) in [7, 11) is 1.31. The number of hydrogen-bond donors (Lipinski definition) is 0. The average molecular weight is 320 g/mol. The summed E-state index contributed by atoms with van der Waals surface area (Å²) in [6, 6.07) is 7.26. The lowest BCUT2D eigenvalue weighted by Gasteiger charge is -2.19. The fraction of sp³-hybridized carbons (Fsp3) is 0.471. The van der Waals surface area contributed by atoms with Crippen LogP contribution in [-0.4, -0.2) is 29.9 Å². The SMILES string of the molecule is COC(=O)CCC(=O)c1ccc(SC2CCCCC2=O)cc1. The van der Waals surface area contributed by atoms with Crippen molar-refractivity contribution in [3.05, 3.63) is 29.8 Å². The van der Waals surface area contributed by atoms with E-state index in [1.165, 1.54) is 7.11 Å². The first-order chi connectivity index (χ1) is 10.6. The highest BCUT2D eigenvalue weighted by molar-refractivity contribution is 8.00. The maximum absolute atomic E-state index is 11.9. The Bertz CT molecular complexity index is 550. The van der Waals surface area contributed by atoms with Crippen molar-refractivity contribution in [3.63, 3.8) is 0 Å². The third kappa shape index (κ3) is 4.70.